The van der Waals surface area contributed by atoms with Crippen LogP contribution in [0, 0.1) is 5.92 Å². The van der Waals surface area contributed by atoms with Crippen LogP contribution >= 0.6 is 0 Å². The number of benzene rings is 1. The Morgan fingerprint density at radius 2 is 1.94 bits per heavy atom. The number of nitrogens with one attached hydrogen (secondary N) is 2. The van der Waals surface area contributed by atoms with Crippen LogP contribution in [0.2, 0.25) is 0 Å². The summed E-state index contributed by atoms with van der Waals surface area (Å²) < 4.78 is 31.5. The molecule has 4 amide bonds. The van der Waals surface area contributed by atoms with Crippen molar-refractivity contribution in [1.82, 2.24) is 15.5 Å². The number of fused-ring (bicyclic) bond motifs is 1. The van der Waals surface area contributed by atoms with Crippen LogP contribution in [0.3, 0.4) is 0 Å². The Morgan fingerprint density at radius 3 is 2.66 bits per heavy atom. The Balaban J connectivity index is 1.28. The topological polar surface area (TPSA) is 105 Å². The molecule has 2 fully saturated rings. The second kappa shape index (κ2) is 8.84. The molecule has 1 atom stereocenters. The highest BCUT2D eigenvalue weighted by Crippen LogP contribution is 2.36. The van der Waals surface area contributed by atoms with Crippen molar-refractivity contribution >= 4 is 23.8 Å². The van der Waals surface area contributed by atoms with Gasteiger partial charge in [0.15, 0.2) is 0 Å². The molecule has 0 bridgehead atoms. The standard InChI is InChI=1S/C22H25F2N3O5/c23-22(24)7-5-13(6-8-22)12-32-21(31)25-10-14-1-2-15-11-27(20(30)16(15)9-14)17-3-4-18(28)26-19(17)29/h1-2,9,13,17H,3-8,10-12H2,(H,25,31)(H,26,28,29). The molecule has 1 aromatic rings. The molecular weight excluding hydrogens is 424 g/mol. The predicted molar refractivity (Wildman–Crippen MR) is 108 cm³/mol. The van der Waals surface area contributed by atoms with Crippen LogP contribution < -0.4 is 10.6 Å². The van der Waals surface area contributed by atoms with E-state index in [9.17, 15) is 28.0 Å². The number of alkyl carbamates (subject to hydrolysis) is 1. The summed E-state index contributed by atoms with van der Waals surface area (Å²) in [5.41, 5.74) is 1.93. The molecule has 1 aromatic carbocycles. The summed E-state index contributed by atoms with van der Waals surface area (Å²) in [6.45, 7) is 0.530. The minimum atomic E-state index is -2.61. The summed E-state index contributed by atoms with van der Waals surface area (Å²) in [6.07, 6.45) is 0.150. The molecule has 2 N–H and O–H groups in total. The zero-order valence-corrected chi connectivity index (χ0v) is 17.5. The minimum absolute atomic E-state index is 0.0590. The first kappa shape index (κ1) is 22.2. The lowest BCUT2D eigenvalue weighted by molar-refractivity contribution is -0.136. The number of hydrogen-bond donors (Lipinski definition) is 2. The van der Waals surface area contributed by atoms with Crippen LogP contribution in [-0.4, -0.2) is 47.3 Å². The molecule has 172 valence electrons. The van der Waals surface area contributed by atoms with Gasteiger partial charge in [-0.15, -0.1) is 0 Å². The number of carbonyl (C=O) groups excluding carboxylic acids is 4. The molecule has 0 radical (unpaired) electrons. The molecule has 1 saturated carbocycles. The van der Waals surface area contributed by atoms with E-state index in [1.165, 1.54) is 4.90 Å². The van der Waals surface area contributed by atoms with E-state index in [2.05, 4.69) is 10.6 Å². The van der Waals surface area contributed by atoms with Gasteiger partial charge in [-0.3, -0.25) is 19.7 Å². The average Bonchev–Trinajstić information content (AvgIpc) is 3.07. The van der Waals surface area contributed by atoms with Gasteiger partial charge in [-0.25, -0.2) is 13.6 Å². The Morgan fingerprint density at radius 1 is 1.19 bits per heavy atom. The average molecular weight is 449 g/mol. The lowest BCUT2D eigenvalue weighted by Gasteiger charge is -2.29. The Labute approximate surface area is 183 Å². The maximum absolute atomic E-state index is 13.2. The first-order chi connectivity index (χ1) is 15.2. The van der Waals surface area contributed by atoms with Gasteiger partial charge in [0.25, 0.3) is 5.91 Å². The number of nitrogens with zero attached hydrogens (tertiary/aromatic N) is 1. The minimum Gasteiger partial charge on any atom is -0.449 e. The van der Waals surface area contributed by atoms with Crippen molar-refractivity contribution in [2.45, 2.75) is 63.6 Å². The normalized spacial score (nSPS) is 23.0. The smallest absolute Gasteiger partial charge is 0.407 e. The monoisotopic (exact) mass is 449 g/mol. The third kappa shape index (κ3) is 4.89. The molecule has 32 heavy (non-hydrogen) atoms. The summed E-state index contributed by atoms with van der Waals surface area (Å²) in [5.74, 6) is -3.76. The number of piperidine rings is 1. The van der Waals surface area contributed by atoms with Crippen LogP contribution in [0.15, 0.2) is 18.2 Å². The summed E-state index contributed by atoms with van der Waals surface area (Å²) in [6, 6.07) is 4.56. The number of amides is 4. The van der Waals surface area contributed by atoms with Crippen molar-refractivity contribution in [3.8, 4) is 0 Å². The Hall–Kier alpha value is -3.04. The summed E-state index contributed by atoms with van der Waals surface area (Å²) >= 11 is 0. The quantitative estimate of drug-likeness (QED) is 0.672. The zero-order valence-electron chi connectivity index (χ0n) is 17.5. The second-order valence-electron chi connectivity index (χ2n) is 8.64. The first-order valence-corrected chi connectivity index (χ1v) is 10.8. The highest BCUT2D eigenvalue weighted by Gasteiger charge is 2.39. The fourth-order valence-corrected chi connectivity index (χ4v) is 4.40. The fraction of sp³-hybridized carbons (Fsp3) is 0.545. The molecule has 1 saturated heterocycles. The largest absolute Gasteiger partial charge is 0.449 e. The third-order valence-corrected chi connectivity index (χ3v) is 6.32. The van der Waals surface area contributed by atoms with E-state index >= 15 is 0 Å². The third-order valence-electron chi connectivity index (χ3n) is 6.32. The number of ether oxygens (including phenoxy) is 1. The lowest BCUT2D eigenvalue weighted by Crippen LogP contribution is -2.52. The fourth-order valence-electron chi connectivity index (χ4n) is 4.40. The zero-order chi connectivity index (χ0) is 22.9. The van der Waals surface area contributed by atoms with Gasteiger partial charge >= 0.3 is 6.09 Å². The Bertz CT molecular complexity index is 941. The van der Waals surface area contributed by atoms with Crippen LogP contribution in [0.25, 0.3) is 0 Å². The van der Waals surface area contributed by atoms with Crippen LogP contribution in [0.4, 0.5) is 13.6 Å². The first-order valence-electron chi connectivity index (χ1n) is 10.8. The SMILES string of the molecule is O=C1CCC(N2Cc3ccc(CNC(=O)OCC4CCC(F)(F)CC4)cc3C2=O)C(=O)N1. The van der Waals surface area contributed by atoms with Crippen LogP contribution in [0.1, 0.15) is 60.0 Å². The Kier molecular flexibility index (Phi) is 6.12. The molecular formula is C22H25F2N3O5. The number of carbonyl (C=O) groups is 4. The van der Waals surface area contributed by atoms with Gasteiger partial charge < -0.3 is 15.0 Å². The van der Waals surface area contributed by atoms with E-state index < -0.39 is 24.0 Å². The van der Waals surface area contributed by atoms with Crippen molar-refractivity contribution < 1.29 is 32.7 Å². The number of imide groups is 1. The van der Waals surface area contributed by atoms with Gasteiger partial charge in [0.05, 0.1) is 6.61 Å². The van der Waals surface area contributed by atoms with E-state index in [4.69, 9.17) is 4.74 Å². The summed E-state index contributed by atoms with van der Waals surface area (Å²) in [7, 11) is 0. The molecule has 4 rings (SSSR count). The number of hydrogen-bond acceptors (Lipinski definition) is 5. The van der Waals surface area contributed by atoms with E-state index in [0.29, 0.717) is 30.4 Å². The summed E-state index contributed by atoms with van der Waals surface area (Å²) in [5, 5.41) is 4.88. The number of halogens is 2. The molecule has 2 heterocycles. The van der Waals surface area contributed by atoms with Gasteiger partial charge in [-0.1, -0.05) is 12.1 Å². The van der Waals surface area contributed by atoms with E-state index in [0.717, 1.165) is 5.56 Å². The number of alkyl halides is 2. The highest BCUT2D eigenvalue weighted by molar-refractivity contribution is 6.05. The second-order valence-corrected chi connectivity index (χ2v) is 8.64. The van der Waals surface area contributed by atoms with E-state index in [1.807, 2.05) is 0 Å². The van der Waals surface area contributed by atoms with Gasteiger partial charge in [0.1, 0.15) is 6.04 Å². The molecule has 8 nitrogen and oxygen atoms in total. The summed E-state index contributed by atoms with van der Waals surface area (Å²) in [4.78, 5) is 49.7. The van der Waals surface area contributed by atoms with Gasteiger partial charge in [0.2, 0.25) is 17.7 Å². The highest BCUT2D eigenvalue weighted by atomic mass is 19.3. The van der Waals surface area contributed by atoms with Crippen LogP contribution in [-0.2, 0) is 27.4 Å². The van der Waals surface area contributed by atoms with Gasteiger partial charge in [-0.2, -0.15) is 0 Å². The van der Waals surface area contributed by atoms with Crippen molar-refractivity contribution in [1.29, 1.82) is 0 Å². The molecule has 0 aromatic heterocycles. The van der Waals surface area contributed by atoms with E-state index in [-0.39, 0.29) is 56.7 Å². The van der Waals surface area contributed by atoms with E-state index in [1.54, 1.807) is 18.2 Å². The molecule has 1 unspecified atom stereocenters. The molecule has 3 aliphatic rings. The van der Waals surface area contributed by atoms with Crippen molar-refractivity contribution in [2.24, 2.45) is 5.92 Å². The van der Waals surface area contributed by atoms with Gasteiger partial charge in [0, 0.05) is 37.9 Å². The lowest BCUT2D eigenvalue weighted by atomic mass is 9.87. The maximum atomic E-state index is 13.2. The van der Waals surface area contributed by atoms with Crippen LogP contribution in [0.5, 0.6) is 0 Å². The number of rotatable bonds is 5. The molecule has 0 spiro atoms. The van der Waals surface area contributed by atoms with Gasteiger partial charge in [-0.05, 0) is 42.4 Å². The molecule has 2 aliphatic heterocycles. The predicted octanol–water partition coefficient (Wildman–Crippen LogP) is 2.50. The maximum Gasteiger partial charge on any atom is 0.407 e. The molecule has 1 aliphatic carbocycles. The van der Waals surface area contributed by atoms with Crippen molar-refractivity contribution in [3.63, 3.8) is 0 Å². The molecule has 10 heteroatoms. The van der Waals surface area contributed by atoms with Crippen molar-refractivity contribution in [3.05, 3.63) is 34.9 Å². The van der Waals surface area contributed by atoms with Crippen molar-refractivity contribution in [2.75, 3.05) is 6.61 Å².